The summed E-state index contributed by atoms with van der Waals surface area (Å²) in [5.74, 6) is 1.77. The van der Waals surface area contributed by atoms with Gasteiger partial charge in [-0.05, 0) is 50.6 Å². The first-order valence-corrected chi connectivity index (χ1v) is 9.74. The molecule has 0 saturated carbocycles. The average Bonchev–Trinajstić information content (AvgIpc) is 2.73. The molecule has 0 fully saturated rings. The number of methoxy groups -OCH3 is 2. The van der Waals surface area contributed by atoms with Crippen LogP contribution in [-0.4, -0.2) is 34.2 Å². The zero-order valence-electron chi connectivity index (χ0n) is 18.0. The summed E-state index contributed by atoms with van der Waals surface area (Å²) in [5.41, 5.74) is 4.82. The lowest BCUT2D eigenvalue weighted by atomic mass is 10.1. The third kappa shape index (κ3) is 4.05. The molecule has 4 rings (SSSR count). The molecule has 0 radical (unpaired) electrons. The first-order valence-electron chi connectivity index (χ1n) is 9.74. The third-order valence-corrected chi connectivity index (χ3v) is 4.98. The second-order valence-corrected chi connectivity index (χ2v) is 7.28. The number of hydrogen-bond acceptors (Lipinski definition) is 7. The number of nitrogens with zero attached hydrogens (tertiary/aromatic N) is 3. The van der Waals surface area contributed by atoms with Crippen LogP contribution in [0.25, 0.3) is 22.2 Å². The molecule has 0 aliphatic carbocycles. The van der Waals surface area contributed by atoms with E-state index < -0.39 is 0 Å². The van der Waals surface area contributed by atoms with Gasteiger partial charge in [0, 0.05) is 17.0 Å². The number of hydrogen-bond donors (Lipinski definition) is 2. The predicted octanol–water partition coefficient (Wildman–Crippen LogP) is 4.07. The predicted molar refractivity (Wildman–Crippen MR) is 120 cm³/mol. The summed E-state index contributed by atoms with van der Waals surface area (Å²) in [7, 11) is 3.13. The van der Waals surface area contributed by atoms with E-state index in [1.165, 1.54) is 6.07 Å². The van der Waals surface area contributed by atoms with E-state index >= 15 is 0 Å². The molecule has 0 spiro atoms. The minimum atomic E-state index is -0.299. The first-order chi connectivity index (χ1) is 14.9. The molecule has 0 bridgehead atoms. The van der Waals surface area contributed by atoms with Crippen molar-refractivity contribution in [3.8, 4) is 22.8 Å². The zero-order valence-corrected chi connectivity index (χ0v) is 18.0. The highest BCUT2D eigenvalue weighted by Gasteiger charge is 2.12. The maximum Gasteiger partial charge on any atom is 0.252 e. The monoisotopic (exact) mass is 417 g/mol. The van der Waals surface area contributed by atoms with Crippen molar-refractivity contribution in [3.05, 3.63) is 63.6 Å². The number of aromatic amines is 1. The summed E-state index contributed by atoms with van der Waals surface area (Å²) in [6.45, 7) is 6.00. The number of aryl methyl sites for hydroxylation is 3. The molecule has 8 heteroatoms. The molecule has 0 aliphatic heterocycles. The van der Waals surface area contributed by atoms with Crippen molar-refractivity contribution in [1.29, 1.82) is 0 Å². The summed E-state index contributed by atoms with van der Waals surface area (Å²) >= 11 is 0. The van der Waals surface area contributed by atoms with Gasteiger partial charge in [-0.1, -0.05) is 11.6 Å². The second kappa shape index (κ2) is 8.06. The quantitative estimate of drug-likeness (QED) is 0.505. The second-order valence-electron chi connectivity index (χ2n) is 7.28. The molecule has 4 aromatic rings. The maximum atomic E-state index is 12.3. The molecule has 31 heavy (non-hydrogen) atoms. The van der Waals surface area contributed by atoms with Crippen molar-refractivity contribution in [1.82, 2.24) is 19.9 Å². The molecule has 2 heterocycles. The van der Waals surface area contributed by atoms with Gasteiger partial charge in [-0.2, -0.15) is 0 Å². The molecule has 0 aliphatic rings. The van der Waals surface area contributed by atoms with E-state index in [0.29, 0.717) is 28.7 Å². The molecule has 2 aromatic heterocycles. The van der Waals surface area contributed by atoms with Gasteiger partial charge in [-0.3, -0.25) is 15.1 Å². The summed E-state index contributed by atoms with van der Waals surface area (Å²) in [6.07, 6.45) is 0. The Morgan fingerprint density at radius 2 is 1.68 bits per heavy atom. The van der Waals surface area contributed by atoms with E-state index in [0.717, 1.165) is 27.7 Å². The van der Waals surface area contributed by atoms with Crippen molar-refractivity contribution >= 4 is 22.8 Å². The van der Waals surface area contributed by atoms with Crippen LogP contribution in [0.15, 0.2) is 41.2 Å². The number of nitrogens with one attached hydrogen (secondary N) is 2. The topological polar surface area (TPSA) is 102 Å². The van der Waals surface area contributed by atoms with E-state index in [9.17, 15) is 4.79 Å². The highest BCUT2D eigenvalue weighted by atomic mass is 16.5. The van der Waals surface area contributed by atoms with Gasteiger partial charge >= 0.3 is 0 Å². The molecular weight excluding hydrogens is 394 g/mol. The molecule has 0 unspecified atom stereocenters. The summed E-state index contributed by atoms with van der Waals surface area (Å²) < 4.78 is 10.6. The Morgan fingerprint density at radius 3 is 2.42 bits per heavy atom. The van der Waals surface area contributed by atoms with Crippen LogP contribution in [0.5, 0.6) is 11.5 Å². The highest BCUT2D eigenvalue weighted by Crippen LogP contribution is 2.31. The van der Waals surface area contributed by atoms with E-state index in [2.05, 4.69) is 37.4 Å². The Morgan fingerprint density at radius 1 is 0.903 bits per heavy atom. The number of ether oxygens (including phenoxy) is 2. The third-order valence-electron chi connectivity index (χ3n) is 4.98. The lowest BCUT2D eigenvalue weighted by Gasteiger charge is -2.11. The molecule has 2 N–H and O–H groups in total. The van der Waals surface area contributed by atoms with Gasteiger partial charge in [-0.15, -0.1) is 0 Å². The molecule has 8 nitrogen and oxygen atoms in total. The van der Waals surface area contributed by atoms with Crippen molar-refractivity contribution < 1.29 is 9.47 Å². The Kier molecular flexibility index (Phi) is 5.29. The van der Waals surface area contributed by atoms with Gasteiger partial charge in [0.2, 0.25) is 11.9 Å². The number of H-pyrrole nitrogens is 1. The number of rotatable bonds is 5. The van der Waals surface area contributed by atoms with Gasteiger partial charge in [0.1, 0.15) is 0 Å². The molecule has 0 saturated heterocycles. The molecule has 0 amide bonds. The fourth-order valence-corrected chi connectivity index (χ4v) is 3.56. The van der Waals surface area contributed by atoms with Crippen LogP contribution in [0.4, 0.5) is 11.9 Å². The minimum Gasteiger partial charge on any atom is -0.493 e. The molecule has 0 atom stereocenters. The fraction of sp³-hybridized carbons (Fsp3) is 0.217. The van der Waals surface area contributed by atoms with Crippen molar-refractivity contribution in [2.24, 2.45) is 0 Å². The number of anilines is 2. The summed E-state index contributed by atoms with van der Waals surface area (Å²) in [6, 6.07) is 10.9. The SMILES string of the molecule is COc1ccc(-c2cc(=O)[nH]c(Nc3nc(C)c4cc(C)cc(C)c4n3)n2)cc1OC. The Balaban J connectivity index is 1.74. The Bertz CT molecular complexity index is 1350. The Hall–Kier alpha value is -3.94. The van der Waals surface area contributed by atoms with E-state index in [4.69, 9.17) is 9.47 Å². The van der Waals surface area contributed by atoms with Gasteiger partial charge in [0.25, 0.3) is 5.56 Å². The smallest absolute Gasteiger partial charge is 0.252 e. The average molecular weight is 417 g/mol. The minimum absolute atomic E-state index is 0.251. The molecular formula is C23H23N5O3. The van der Waals surface area contributed by atoms with Crippen LogP contribution >= 0.6 is 0 Å². The van der Waals surface area contributed by atoms with Crippen LogP contribution in [0, 0.1) is 20.8 Å². The Labute approximate surface area is 179 Å². The normalized spacial score (nSPS) is 10.9. The van der Waals surface area contributed by atoms with Crippen LogP contribution in [0.1, 0.15) is 16.8 Å². The van der Waals surface area contributed by atoms with Crippen LogP contribution < -0.4 is 20.3 Å². The highest BCUT2D eigenvalue weighted by molar-refractivity contribution is 5.85. The van der Waals surface area contributed by atoms with Gasteiger partial charge < -0.3 is 9.47 Å². The maximum absolute atomic E-state index is 12.3. The lowest BCUT2D eigenvalue weighted by Crippen LogP contribution is -2.12. The van der Waals surface area contributed by atoms with Gasteiger partial charge in [-0.25, -0.2) is 15.0 Å². The number of aromatic nitrogens is 4. The van der Waals surface area contributed by atoms with Crippen molar-refractivity contribution in [2.75, 3.05) is 19.5 Å². The lowest BCUT2D eigenvalue weighted by molar-refractivity contribution is 0.355. The summed E-state index contributed by atoms with van der Waals surface area (Å²) in [4.78, 5) is 28.7. The molecule has 158 valence electrons. The first kappa shape index (κ1) is 20.3. The van der Waals surface area contributed by atoms with E-state index in [1.54, 1.807) is 26.4 Å². The number of benzene rings is 2. The van der Waals surface area contributed by atoms with Crippen LogP contribution in [0.3, 0.4) is 0 Å². The number of fused-ring (bicyclic) bond motifs is 1. The van der Waals surface area contributed by atoms with Gasteiger partial charge in [0.05, 0.1) is 31.1 Å². The fourth-order valence-electron chi connectivity index (χ4n) is 3.56. The van der Waals surface area contributed by atoms with E-state index in [-0.39, 0.29) is 11.5 Å². The van der Waals surface area contributed by atoms with E-state index in [1.807, 2.05) is 26.8 Å². The molecule has 2 aromatic carbocycles. The summed E-state index contributed by atoms with van der Waals surface area (Å²) in [5, 5.41) is 4.04. The van der Waals surface area contributed by atoms with Crippen molar-refractivity contribution in [2.45, 2.75) is 20.8 Å². The van der Waals surface area contributed by atoms with Crippen LogP contribution in [-0.2, 0) is 0 Å². The van der Waals surface area contributed by atoms with Crippen LogP contribution in [0.2, 0.25) is 0 Å². The standard InChI is InChI=1S/C23H23N5O3/c1-12-8-13(2)21-16(9-12)14(3)24-22(27-21)28-23-25-17(11-20(29)26-23)15-6-7-18(30-4)19(10-15)31-5/h6-11H,1-5H3,(H2,24,25,26,27,28,29). The van der Waals surface area contributed by atoms with Gasteiger partial charge in [0.15, 0.2) is 11.5 Å². The largest absolute Gasteiger partial charge is 0.493 e. The van der Waals surface area contributed by atoms with Crippen molar-refractivity contribution in [3.63, 3.8) is 0 Å². The zero-order chi connectivity index (χ0) is 22.1.